The number of aromatic nitrogens is 4. The zero-order valence-electron chi connectivity index (χ0n) is 14.2. The highest BCUT2D eigenvalue weighted by molar-refractivity contribution is 5.77. The van der Waals surface area contributed by atoms with E-state index in [9.17, 15) is 0 Å². The zero-order chi connectivity index (χ0) is 16.8. The maximum atomic E-state index is 5.60. The fourth-order valence-corrected chi connectivity index (χ4v) is 3.06. The Morgan fingerprint density at radius 1 is 1.17 bits per heavy atom. The number of nitrogens with one attached hydrogen (secondary N) is 1. The van der Waals surface area contributed by atoms with Crippen molar-refractivity contribution in [3.05, 3.63) is 53.3 Å². The van der Waals surface area contributed by atoms with Gasteiger partial charge in [0.2, 0.25) is 0 Å². The molecule has 0 spiro atoms. The molecule has 4 aromatic rings. The first-order valence-corrected chi connectivity index (χ1v) is 7.97. The van der Waals surface area contributed by atoms with E-state index in [0.717, 1.165) is 39.4 Å². The van der Waals surface area contributed by atoms with Gasteiger partial charge >= 0.3 is 0 Å². The van der Waals surface area contributed by atoms with Crippen molar-refractivity contribution in [1.82, 2.24) is 19.6 Å². The SMILES string of the molecule is Cc1cc2ncc([C@@H](C)Nc3ccc4nc(C)oc4c3)c(C)n2n1. The Balaban J connectivity index is 1.67. The summed E-state index contributed by atoms with van der Waals surface area (Å²) >= 11 is 0. The van der Waals surface area contributed by atoms with E-state index < -0.39 is 0 Å². The molecule has 0 bridgehead atoms. The fourth-order valence-electron chi connectivity index (χ4n) is 3.06. The van der Waals surface area contributed by atoms with Crippen molar-refractivity contribution in [1.29, 1.82) is 0 Å². The molecule has 0 aliphatic heterocycles. The molecule has 6 heteroatoms. The van der Waals surface area contributed by atoms with Crippen molar-refractivity contribution in [3.8, 4) is 0 Å². The van der Waals surface area contributed by atoms with Crippen LogP contribution < -0.4 is 5.32 Å². The summed E-state index contributed by atoms with van der Waals surface area (Å²) in [5, 5.41) is 8.01. The Kier molecular flexibility index (Phi) is 3.26. The normalized spacial score (nSPS) is 12.8. The summed E-state index contributed by atoms with van der Waals surface area (Å²) in [6, 6.07) is 8.03. The standard InChI is InChI=1S/C18H19N5O/c1-10-7-18-19-9-15(12(3)23(18)22-10)11(2)20-14-5-6-16-17(8-14)24-13(4)21-16/h5-9,11,20H,1-4H3/t11-/m1/s1. The van der Waals surface area contributed by atoms with Crippen LogP contribution in [0.25, 0.3) is 16.7 Å². The molecule has 1 N–H and O–H groups in total. The van der Waals surface area contributed by atoms with Crippen LogP contribution >= 0.6 is 0 Å². The van der Waals surface area contributed by atoms with Gasteiger partial charge < -0.3 is 9.73 Å². The van der Waals surface area contributed by atoms with Crippen LogP contribution in [-0.4, -0.2) is 19.6 Å². The molecule has 1 atom stereocenters. The van der Waals surface area contributed by atoms with Gasteiger partial charge in [-0.3, -0.25) is 0 Å². The van der Waals surface area contributed by atoms with Gasteiger partial charge in [0.15, 0.2) is 17.1 Å². The monoisotopic (exact) mass is 321 g/mol. The van der Waals surface area contributed by atoms with E-state index in [4.69, 9.17) is 4.42 Å². The van der Waals surface area contributed by atoms with Gasteiger partial charge in [-0.2, -0.15) is 5.10 Å². The summed E-state index contributed by atoms with van der Waals surface area (Å²) in [5.74, 6) is 0.676. The van der Waals surface area contributed by atoms with Gasteiger partial charge in [-0.15, -0.1) is 0 Å². The molecule has 122 valence electrons. The Hall–Kier alpha value is -2.89. The molecule has 0 amide bonds. The molecule has 0 fully saturated rings. The maximum absolute atomic E-state index is 5.60. The van der Waals surface area contributed by atoms with E-state index in [0.29, 0.717) is 5.89 Å². The third-order valence-corrected chi connectivity index (χ3v) is 4.23. The molecule has 0 saturated heterocycles. The summed E-state index contributed by atoms with van der Waals surface area (Å²) < 4.78 is 7.50. The van der Waals surface area contributed by atoms with Crippen molar-refractivity contribution >= 4 is 22.4 Å². The smallest absolute Gasteiger partial charge is 0.192 e. The second-order valence-electron chi connectivity index (χ2n) is 6.14. The first-order valence-electron chi connectivity index (χ1n) is 7.97. The lowest BCUT2D eigenvalue weighted by molar-refractivity contribution is 0.561. The molecule has 3 heterocycles. The summed E-state index contributed by atoms with van der Waals surface area (Å²) in [7, 11) is 0. The third kappa shape index (κ3) is 2.40. The molecule has 1 aromatic carbocycles. The fraction of sp³-hybridized carbons (Fsp3) is 0.278. The molecule has 0 aliphatic carbocycles. The molecule has 4 rings (SSSR count). The summed E-state index contributed by atoms with van der Waals surface area (Å²) in [5.41, 5.74) is 6.69. The first kappa shape index (κ1) is 14.7. The van der Waals surface area contributed by atoms with Crippen LogP contribution in [0.2, 0.25) is 0 Å². The topological polar surface area (TPSA) is 68.2 Å². The van der Waals surface area contributed by atoms with E-state index in [1.165, 1.54) is 0 Å². The number of fused-ring (bicyclic) bond motifs is 2. The Bertz CT molecular complexity index is 1050. The van der Waals surface area contributed by atoms with Gasteiger partial charge in [0, 0.05) is 42.2 Å². The molecule has 3 aromatic heterocycles. The number of hydrogen-bond acceptors (Lipinski definition) is 5. The number of anilines is 1. The van der Waals surface area contributed by atoms with Gasteiger partial charge in [-0.05, 0) is 32.9 Å². The Labute approximate surface area is 139 Å². The van der Waals surface area contributed by atoms with Crippen LogP contribution in [0.4, 0.5) is 5.69 Å². The second kappa shape index (κ2) is 5.33. The molecular formula is C18H19N5O. The predicted octanol–water partition coefficient (Wildman–Crippen LogP) is 3.97. The van der Waals surface area contributed by atoms with Crippen molar-refractivity contribution in [2.75, 3.05) is 5.32 Å². The predicted molar refractivity (Wildman–Crippen MR) is 93.2 cm³/mol. The van der Waals surface area contributed by atoms with Crippen LogP contribution in [-0.2, 0) is 0 Å². The lowest BCUT2D eigenvalue weighted by Crippen LogP contribution is -2.11. The highest BCUT2D eigenvalue weighted by atomic mass is 16.3. The Morgan fingerprint density at radius 3 is 2.83 bits per heavy atom. The van der Waals surface area contributed by atoms with Gasteiger partial charge in [-0.25, -0.2) is 14.5 Å². The number of benzene rings is 1. The van der Waals surface area contributed by atoms with Crippen molar-refractivity contribution in [2.45, 2.75) is 33.7 Å². The first-order chi connectivity index (χ1) is 11.5. The molecule has 6 nitrogen and oxygen atoms in total. The van der Waals surface area contributed by atoms with Crippen LogP contribution in [0.3, 0.4) is 0 Å². The van der Waals surface area contributed by atoms with Gasteiger partial charge in [0.1, 0.15) is 5.52 Å². The highest BCUT2D eigenvalue weighted by Crippen LogP contribution is 2.25. The second-order valence-corrected chi connectivity index (χ2v) is 6.14. The van der Waals surface area contributed by atoms with Crippen LogP contribution in [0.15, 0.2) is 34.9 Å². The molecule has 0 aliphatic rings. The van der Waals surface area contributed by atoms with Gasteiger partial charge in [0.05, 0.1) is 11.7 Å². The zero-order valence-corrected chi connectivity index (χ0v) is 14.2. The van der Waals surface area contributed by atoms with E-state index in [2.05, 4.69) is 34.2 Å². The molecule has 0 unspecified atom stereocenters. The largest absolute Gasteiger partial charge is 0.441 e. The quantitative estimate of drug-likeness (QED) is 0.618. The average Bonchev–Trinajstić information content (AvgIpc) is 3.08. The Morgan fingerprint density at radius 2 is 2.00 bits per heavy atom. The maximum Gasteiger partial charge on any atom is 0.192 e. The molecule has 0 radical (unpaired) electrons. The minimum absolute atomic E-state index is 0.0906. The molecular weight excluding hydrogens is 302 g/mol. The summed E-state index contributed by atoms with van der Waals surface area (Å²) in [6.45, 7) is 8.01. The molecule has 24 heavy (non-hydrogen) atoms. The third-order valence-electron chi connectivity index (χ3n) is 4.23. The van der Waals surface area contributed by atoms with Crippen LogP contribution in [0, 0.1) is 20.8 Å². The van der Waals surface area contributed by atoms with Crippen LogP contribution in [0.1, 0.15) is 35.8 Å². The van der Waals surface area contributed by atoms with E-state index in [-0.39, 0.29) is 6.04 Å². The van der Waals surface area contributed by atoms with Gasteiger partial charge in [-0.1, -0.05) is 0 Å². The number of nitrogens with zero attached hydrogens (tertiary/aromatic N) is 4. The lowest BCUT2D eigenvalue weighted by atomic mass is 10.1. The minimum Gasteiger partial charge on any atom is -0.441 e. The number of rotatable bonds is 3. The van der Waals surface area contributed by atoms with Crippen molar-refractivity contribution in [3.63, 3.8) is 0 Å². The molecule has 0 saturated carbocycles. The minimum atomic E-state index is 0.0906. The van der Waals surface area contributed by atoms with Gasteiger partial charge in [0.25, 0.3) is 0 Å². The highest BCUT2D eigenvalue weighted by Gasteiger charge is 2.14. The van der Waals surface area contributed by atoms with Crippen molar-refractivity contribution in [2.24, 2.45) is 0 Å². The van der Waals surface area contributed by atoms with Crippen molar-refractivity contribution < 1.29 is 4.42 Å². The number of oxazole rings is 1. The summed E-state index contributed by atoms with van der Waals surface area (Å²) in [6.07, 6.45) is 1.92. The van der Waals surface area contributed by atoms with E-state index >= 15 is 0 Å². The number of aryl methyl sites for hydroxylation is 3. The van der Waals surface area contributed by atoms with E-state index in [1.54, 1.807) is 0 Å². The van der Waals surface area contributed by atoms with E-state index in [1.807, 2.05) is 48.8 Å². The summed E-state index contributed by atoms with van der Waals surface area (Å²) in [4.78, 5) is 8.84. The average molecular weight is 321 g/mol. The lowest BCUT2D eigenvalue weighted by Gasteiger charge is -2.17. The van der Waals surface area contributed by atoms with Crippen LogP contribution in [0.5, 0.6) is 0 Å². The number of hydrogen-bond donors (Lipinski definition) is 1.